The first-order chi connectivity index (χ1) is 9.72. The van der Waals surface area contributed by atoms with Crippen LogP contribution in [-0.2, 0) is 6.54 Å². The van der Waals surface area contributed by atoms with Crippen LogP contribution in [0.25, 0.3) is 0 Å². The molecule has 1 aliphatic heterocycles. The van der Waals surface area contributed by atoms with Gasteiger partial charge in [0.25, 0.3) is 0 Å². The van der Waals surface area contributed by atoms with Crippen molar-refractivity contribution in [2.24, 2.45) is 0 Å². The number of furan rings is 1. The summed E-state index contributed by atoms with van der Waals surface area (Å²) in [5.41, 5.74) is 0. The van der Waals surface area contributed by atoms with E-state index >= 15 is 0 Å². The molecule has 2 heterocycles. The second kappa shape index (κ2) is 5.97. The third-order valence-electron chi connectivity index (χ3n) is 4.50. The molecule has 3 rings (SSSR count). The van der Waals surface area contributed by atoms with Crippen LogP contribution in [0.4, 0.5) is 0 Å². The lowest BCUT2D eigenvalue weighted by Crippen LogP contribution is -2.49. The van der Waals surface area contributed by atoms with Crippen molar-refractivity contribution in [3.63, 3.8) is 0 Å². The molecule has 0 radical (unpaired) electrons. The maximum absolute atomic E-state index is 10.8. The zero-order valence-electron chi connectivity index (χ0n) is 11.8. The molecule has 0 unspecified atom stereocenters. The summed E-state index contributed by atoms with van der Waals surface area (Å²) in [5, 5.41) is 8.85. The molecule has 0 amide bonds. The van der Waals surface area contributed by atoms with E-state index in [4.69, 9.17) is 9.52 Å². The molecule has 1 saturated carbocycles. The normalized spacial score (nSPS) is 22.4. The van der Waals surface area contributed by atoms with E-state index in [1.807, 2.05) is 0 Å². The van der Waals surface area contributed by atoms with Gasteiger partial charge in [-0.25, -0.2) is 4.79 Å². The summed E-state index contributed by atoms with van der Waals surface area (Å²) in [4.78, 5) is 15.7. The number of aromatic carboxylic acids is 1. The Morgan fingerprint density at radius 3 is 2.50 bits per heavy atom. The third-order valence-corrected chi connectivity index (χ3v) is 4.50. The van der Waals surface area contributed by atoms with Crippen LogP contribution in [0.5, 0.6) is 0 Å². The van der Waals surface area contributed by atoms with E-state index in [-0.39, 0.29) is 5.76 Å². The van der Waals surface area contributed by atoms with Gasteiger partial charge in [0, 0.05) is 32.2 Å². The fourth-order valence-corrected chi connectivity index (χ4v) is 3.35. The Morgan fingerprint density at radius 1 is 1.20 bits per heavy atom. The highest BCUT2D eigenvalue weighted by Gasteiger charge is 2.26. The van der Waals surface area contributed by atoms with Crippen molar-refractivity contribution < 1.29 is 14.3 Å². The Morgan fingerprint density at radius 2 is 1.90 bits per heavy atom. The summed E-state index contributed by atoms with van der Waals surface area (Å²) in [6.07, 6.45) is 5.49. The van der Waals surface area contributed by atoms with Crippen LogP contribution in [0.2, 0.25) is 0 Å². The average Bonchev–Trinajstić information content (AvgIpc) is 3.10. The van der Waals surface area contributed by atoms with E-state index in [1.54, 1.807) is 6.07 Å². The first kappa shape index (κ1) is 13.6. The van der Waals surface area contributed by atoms with Gasteiger partial charge in [0.1, 0.15) is 5.76 Å². The fraction of sp³-hybridized carbons (Fsp3) is 0.667. The van der Waals surface area contributed by atoms with Crippen LogP contribution in [-0.4, -0.2) is 53.1 Å². The molecular weight excluding hydrogens is 256 g/mol. The minimum Gasteiger partial charge on any atom is -0.475 e. The summed E-state index contributed by atoms with van der Waals surface area (Å²) in [7, 11) is 0. The Kier molecular flexibility index (Phi) is 4.08. The minimum absolute atomic E-state index is 0.0320. The summed E-state index contributed by atoms with van der Waals surface area (Å²) in [5.74, 6) is -0.219. The lowest BCUT2D eigenvalue weighted by Gasteiger charge is -2.37. The number of hydrogen-bond donors (Lipinski definition) is 1. The quantitative estimate of drug-likeness (QED) is 0.913. The molecular formula is C15H22N2O3. The molecule has 1 aromatic heterocycles. The predicted octanol–water partition coefficient (Wildman–Crippen LogP) is 2.04. The van der Waals surface area contributed by atoms with Gasteiger partial charge in [-0.05, 0) is 25.0 Å². The number of piperazine rings is 1. The number of carbonyl (C=O) groups is 1. The van der Waals surface area contributed by atoms with Crippen molar-refractivity contribution in [3.05, 3.63) is 23.7 Å². The minimum atomic E-state index is -0.998. The van der Waals surface area contributed by atoms with Crippen LogP contribution >= 0.6 is 0 Å². The van der Waals surface area contributed by atoms with Crippen molar-refractivity contribution in [3.8, 4) is 0 Å². The molecule has 1 aromatic rings. The van der Waals surface area contributed by atoms with E-state index in [0.29, 0.717) is 6.54 Å². The molecule has 110 valence electrons. The van der Waals surface area contributed by atoms with E-state index in [2.05, 4.69) is 9.80 Å². The molecule has 1 aliphatic carbocycles. The van der Waals surface area contributed by atoms with Gasteiger partial charge in [-0.1, -0.05) is 12.8 Å². The van der Waals surface area contributed by atoms with Crippen LogP contribution in [0, 0.1) is 0 Å². The fourth-order valence-electron chi connectivity index (χ4n) is 3.35. The van der Waals surface area contributed by atoms with Gasteiger partial charge in [-0.2, -0.15) is 0 Å². The molecule has 1 saturated heterocycles. The van der Waals surface area contributed by atoms with E-state index in [9.17, 15) is 4.79 Å². The Balaban J connectivity index is 1.49. The largest absolute Gasteiger partial charge is 0.475 e. The number of rotatable bonds is 4. The third kappa shape index (κ3) is 3.04. The van der Waals surface area contributed by atoms with Crippen molar-refractivity contribution >= 4 is 5.97 Å². The van der Waals surface area contributed by atoms with Gasteiger partial charge in [0.05, 0.1) is 6.54 Å². The van der Waals surface area contributed by atoms with Gasteiger partial charge in [-0.3, -0.25) is 9.80 Å². The zero-order valence-corrected chi connectivity index (χ0v) is 11.8. The molecule has 0 aromatic carbocycles. The summed E-state index contributed by atoms with van der Waals surface area (Å²) >= 11 is 0. The number of carboxylic acids is 1. The standard InChI is InChI=1S/C15H22N2O3/c18-15(19)14-6-5-13(20-14)11-16-7-9-17(10-8-16)12-3-1-2-4-12/h5-6,12H,1-4,7-11H2,(H,18,19). The number of nitrogens with zero attached hydrogens (tertiary/aromatic N) is 2. The first-order valence-electron chi connectivity index (χ1n) is 7.51. The second-order valence-corrected chi connectivity index (χ2v) is 5.82. The molecule has 1 N–H and O–H groups in total. The predicted molar refractivity (Wildman–Crippen MR) is 74.8 cm³/mol. The molecule has 2 aliphatic rings. The number of hydrogen-bond acceptors (Lipinski definition) is 4. The summed E-state index contributed by atoms with van der Waals surface area (Å²) < 4.78 is 5.32. The highest BCUT2D eigenvalue weighted by Crippen LogP contribution is 2.24. The molecule has 5 nitrogen and oxygen atoms in total. The number of carboxylic acid groups (broad SMARTS) is 1. The van der Waals surface area contributed by atoms with Crippen LogP contribution in [0.15, 0.2) is 16.5 Å². The molecule has 0 spiro atoms. The van der Waals surface area contributed by atoms with E-state index < -0.39 is 5.97 Å². The lowest BCUT2D eigenvalue weighted by atomic mass is 10.2. The molecule has 20 heavy (non-hydrogen) atoms. The maximum Gasteiger partial charge on any atom is 0.371 e. The Labute approximate surface area is 119 Å². The Bertz CT molecular complexity index is 457. The van der Waals surface area contributed by atoms with Crippen LogP contribution in [0.3, 0.4) is 0 Å². The lowest BCUT2D eigenvalue weighted by molar-refractivity contribution is 0.0651. The second-order valence-electron chi connectivity index (χ2n) is 5.82. The van der Waals surface area contributed by atoms with E-state index in [0.717, 1.165) is 38.0 Å². The molecule has 0 bridgehead atoms. The highest BCUT2D eigenvalue weighted by molar-refractivity contribution is 5.84. The maximum atomic E-state index is 10.8. The Hall–Kier alpha value is -1.33. The molecule has 5 heteroatoms. The van der Waals surface area contributed by atoms with Gasteiger partial charge in [-0.15, -0.1) is 0 Å². The molecule has 0 atom stereocenters. The van der Waals surface area contributed by atoms with Crippen molar-refractivity contribution in [1.82, 2.24) is 9.80 Å². The van der Waals surface area contributed by atoms with Crippen LogP contribution in [0.1, 0.15) is 42.0 Å². The average molecular weight is 278 g/mol. The monoisotopic (exact) mass is 278 g/mol. The zero-order chi connectivity index (χ0) is 13.9. The summed E-state index contributed by atoms with van der Waals surface area (Å²) in [6, 6.07) is 4.11. The van der Waals surface area contributed by atoms with Gasteiger partial charge in [0.15, 0.2) is 0 Å². The van der Waals surface area contributed by atoms with Crippen molar-refractivity contribution in [2.75, 3.05) is 26.2 Å². The van der Waals surface area contributed by atoms with Crippen molar-refractivity contribution in [1.29, 1.82) is 0 Å². The van der Waals surface area contributed by atoms with Gasteiger partial charge >= 0.3 is 5.97 Å². The topological polar surface area (TPSA) is 56.9 Å². The van der Waals surface area contributed by atoms with Crippen molar-refractivity contribution in [2.45, 2.75) is 38.3 Å². The first-order valence-corrected chi connectivity index (χ1v) is 7.51. The summed E-state index contributed by atoms with van der Waals surface area (Å²) in [6.45, 7) is 5.04. The van der Waals surface area contributed by atoms with Gasteiger partial charge < -0.3 is 9.52 Å². The van der Waals surface area contributed by atoms with Gasteiger partial charge in [0.2, 0.25) is 5.76 Å². The smallest absolute Gasteiger partial charge is 0.371 e. The molecule has 2 fully saturated rings. The van der Waals surface area contributed by atoms with Crippen LogP contribution < -0.4 is 0 Å². The van der Waals surface area contributed by atoms with E-state index in [1.165, 1.54) is 31.7 Å². The highest BCUT2D eigenvalue weighted by atomic mass is 16.4. The SMILES string of the molecule is O=C(O)c1ccc(CN2CCN(C3CCCC3)CC2)o1.